The Bertz CT molecular complexity index is 656. The zero-order valence-corrected chi connectivity index (χ0v) is 13.3. The average molecular weight is 320 g/mol. The van der Waals surface area contributed by atoms with Gasteiger partial charge in [0.2, 0.25) is 0 Å². The van der Waals surface area contributed by atoms with E-state index in [4.69, 9.17) is 21.2 Å². The van der Waals surface area contributed by atoms with Gasteiger partial charge in [0, 0.05) is 16.5 Å². The molecule has 5 heteroatoms. The summed E-state index contributed by atoms with van der Waals surface area (Å²) in [6.07, 6.45) is 1.58. The molecule has 1 aromatic rings. The molecule has 1 aliphatic carbocycles. The first-order valence-corrected chi connectivity index (χ1v) is 8.11. The van der Waals surface area contributed by atoms with Crippen LogP contribution in [0.25, 0.3) is 0 Å². The Hall–Kier alpha value is -1.55. The molecule has 0 spiro atoms. The van der Waals surface area contributed by atoms with Crippen LogP contribution in [0.5, 0.6) is 0 Å². The Labute approximate surface area is 134 Å². The van der Waals surface area contributed by atoms with E-state index in [2.05, 4.69) is 12.1 Å². The highest BCUT2D eigenvalue weighted by molar-refractivity contribution is 6.30. The maximum atomic E-state index is 12.4. The Balaban J connectivity index is 1.70. The van der Waals surface area contributed by atoms with Crippen molar-refractivity contribution in [3.63, 3.8) is 0 Å². The van der Waals surface area contributed by atoms with E-state index in [9.17, 15) is 4.79 Å². The number of ether oxygens (including phenoxy) is 1. The fourth-order valence-electron chi connectivity index (χ4n) is 4.21. The second kappa shape index (κ2) is 4.72. The van der Waals surface area contributed by atoms with Crippen LogP contribution < -0.4 is 0 Å². The fourth-order valence-corrected chi connectivity index (χ4v) is 4.33. The summed E-state index contributed by atoms with van der Waals surface area (Å²) < 4.78 is 5.77. The molecule has 0 amide bonds. The van der Waals surface area contributed by atoms with Crippen molar-refractivity contribution in [2.75, 3.05) is 0 Å². The minimum atomic E-state index is -0.557. The molecule has 3 aliphatic rings. The summed E-state index contributed by atoms with van der Waals surface area (Å²) >= 11 is 5.94. The summed E-state index contributed by atoms with van der Waals surface area (Å²) in [4.78, 5) is 18.3. The van der Waals surface area contributed by atoms with Gasteiger partial charge in [0.05, 0.1) is 5.92 Å². The number of halogens is 1. The number of carbonyl (C=O) groups excluding carboxylic acids is 1. The Morgan fingerprint density at radius 1 is 1.27 bits per heavy atom. The number of carbonyl (C=O) groups is 1. The van der Waals surface area contributed by atoms with Crippen molar-refractivity contribution < 1.29 is 14.4 Å². The highest BCUT2D eigenvalue weighted by Gasteiger charge is 2.63. The van der Waals surface area contributed by atoms with E-state index in [-0.39, 0.29) is 17.8 Å². The molecule has 116 valence electrons. The van der Waals surface area contributed by atoms with Gasteiger partial charge in [-0.1, -0.05) is 35.8 Å². The van der Waals surface area contributed by atoms with Crippen molar-refractivity contribution >= 4 is 23.3 Å². The maximum absolute atomic E-state index is 12.4. The largest absolute Gasteiger partial charge is 0.451 e. The molecule has 0 N–H and O–H groups in total. The monoisotopic (exact) mass is 319 g/mol. The third-order valence-corrected chi connectivity index (χ3v) is 5.72. The van der Waals surface area contributed by atoms with Crippen molar-refractivity contribution in [2.24, 2.45) is 22.9 Å². The predicted octanol–water partition coefficient (Wildman–Crippen LogP) is 3.42. The second-order valence-electron chi connectivity index (χ2n) is 6.76. The van der Waals surface area contributed by atoms with E-state index in [1.165, 1.54) is 0 Å². The molecule has 22 heavy (non-hydrogen) atoms. The van der Waals surface area contributed by atoms with Crippen molar-refractivity contribution in [3.05, 3.63) is 34.9 Å². The summed E-state index contributed by atoms with van der Waals surface area (Å²) in [6, 6.07) is 7.38. The lowest BCUT2D eigenvalue weighted by atomic mass is 9.72. The summed E-state index contributed by atoms with van der Waals surface area (Å²) in [7, 11) is 0. The van der Waals surface area contributed by atoms with Crippen molar-refractivity contribution in [3.8, 4) is 0 Å². The zero-order chi connectivity index (χ0) is 15.5. The van der Waals surface area contributed by atoms with Crippen LogP contribution in [0.4, 0.5) is 0 Å². The molecular formula is C17H18ClNO3. The topological polar surface area (TPSA) is 47.9 Å². The molecule has 1 saturated carbocycles. The van der Waals surface area contributed by atoms with E-state index < -0.39 is 11.7 Å². The Kier molecular flexibility index (Phi) is 3.02. The molecule has 0 radical (unpaired) electrons. The third kappa shape index (κ3) is 1.83. The smallest absolute Gasteiger partial charge is 0.310 e. The van der Waals surface area contributed by atoms with Crippen LogP contribution in [0.1, 0.15) is 32.3 Å². The van der Waals surface area contributed by atoms with Gasteiger partial charge in [-0.15, -0.1) is 0 Å². The Morgan fingerprint density at radius 3 is 2.73 bits per heavy atom. The number of fused-ring (bicyclic) bond motifs is 3. The van der Waals surface area contributed by atoms with E-state index in [0.717, 1.165) is 18.4 Å². The first kappa shape index (κ1) is 14.1. The highest BCUT2D eigenvalue weighted by Crippen LogP contribution is 2.52. The van der Waals surface area contributed by atoms with Crippen LogP contribution in [0.3, 0.4) is 0 Å². The number of oxime groups is 1. The van der Waals surface area contributed by atoms with Crippen LogP contribution in [-0.2, 0) is 14.4 Å². The van der Waals surface area contributed by atoms with E-state index in [1.54, 1.807) is 12.1 Å². The average Bonchev–Trinajstić information content (AvgIpc) is 3.03. The number of hydrogen-bond donors (Lipinski definition) is 0. The van der Waals surface area contributed by atoms with Gasteiger partial charge in [0.15, 0.2) is 11.7 Å². The fraction of sp³-hybridized carbons (Fsp3) is 0.529. The molecule has 1 aromatic carbocycles. The minimum absolute atomic E-state index is 0.0685. The first-order chi connectivity index (χ1) is 10.5. The number of rotatable bonds is 1. The van der Waals surface area contributed by atoms with Crippen LogP contribution in [0.15, 0.2) is 29.4 Å². The van der Waals surface area contributed by atoms with Gasteiger partial charge in [-0.2, -0.15) is 0 Å². The van der Waals surface area contributed by atoms with E-state index >= 15 is 0 Å². The van der Waals surface area contributed by atoms with Crippen molar-refractivity contribution in [1.82, 2.24) is 0 Å². The van der Waals surface area contributed by atoms with Crippen LogP contribution in [0, 0.1) is 17.8 Å². The van der Waals surface area contributed by atoms with E-state index in [0.29, 0.717) is 16.7 Å². The first-order valence-electron chi connectivity index (χ1n) is 7.73. The standard InChI is InChI=1S/C17H18ClNO3/c1-9-3-8-12-13(9)16(20)21-15-14(19-22-17(12,15)2)10-4-6-11(18)7-5-10/h4-7,9,12-13,15H,3,8H2,1-2H3. The van der Waals surface area contributed by atoms with Crippen molar-refractivity contribution in [2.45, 2.75) is 38.4 Å². The quantitative estimate of drug-likeness (QED) is 0.745. The summed E-state index contributed by atoms with van der Waals surface area (Å²) in [5.74, 6) is 0.339. The summed E-state index contributed by atoms with van der Waals surface area (Å²) in [5.41, 5.74) is 1.01. The molecule has 4 rings (SSSR count). The van der Waals surface area contributed by atoms with E-state index in [1.807, 2.05) is 19.1 Å². The molecule has 0 aromatic heterocycles. The lowest BCUT2D eigenvalue weighted by Crippen LogP contribution is -2.57. The molecule has 4 nitrogen and oxygen atoms in total. The predicted molar refractivity (Wildman–Crippen MR) is 82.7 cm³/mol. The highest BCUT2D eigenvalue weighted by atomic mass is 35.5. The molecule has 2 fully saturated rings. The molecular weight excluding hydrogens is 302 g/mol. The second-order valence-corrected chi connectivity index (χ2v) is 7.20. The van der Waals surface area contributed by atoms with Crippen LogP contribution >= 0.6 is 11.6 Å². The number of nitrogens with zero attached hydrogens (tertiary/aromatic N) is 1. The van der Waals surface area contributed by atoms with Gasteiger partial charge in [-0.25, -0.2) is 0 Å². The van der Waals surface area contributed by atoms with Crippen LogP contribution in [0.2, 0.25) is 5.02 Å². The molecule has 2 aliphatic heterocycles. The SMILES string of the molecule is CC1CCC2C1C(=O)OC1C(c3ccc(Cl)cc3)=NOC12C. The molecule has 5 unspecified atom stereocenters. The molecule has 5 atom stereocenters. The summed E-state index contributed by atoms with van der Waals surface area (Å²) in [5, 5.41) is 4.93. The summed E-state index contributed by atoms with van der Waals surface area (Å²) in [6.45, 7) is 4.14. The van der Waals surface area contributed by atoms with Gasteiger partial charge in [0.1, 0.15) is 5.71 Å². The minimum Gasteiger partial charge on any atom is -0.451 e. The molecule has 2 heterocycles. The van der Waals surface area contributed by atoms with Crippen molar-refractivity contribution in [1.29, 1.82) is 0 Å². The molecule has 0 bridgehead atoms. The van der Waals surface area contributed by atoms with Crippen LogP contribution in [-0.4, -0.2) is 23.4 Å². The Morgan fingerprint density at radius 2 is 2.00 bits per heavy atom. The molecule has 1 saturated heterocycles. The number of hydrogen-bond acceptors (Lipinski definition) is 4. The van der Waals surface area contributed by atoms with Gasteiger partial charge in [0.25, 0.3) is 0 Å². The van der Waals surface area contributed by atoms with Gasteiger partial charge < -0.3 is 9.57 Å². The lowest BCUT2D eigenvalue weighted by Gasteiger charge is -2.42. The van der Waals surface area contributed by atoms with Gasteiger partial charge in [-0.3, -0.25) is 4.79 Å². The maximum Gasteiger partial charge on any atom is 0.310 e. The van der Waals surface area contributed by atoms with Gasteiger partial charge >= 0.3 is 5.97 Å². The zero-order valence-electron chi connectivity index (χ0n) is 12.6. The number of esters is 1. The third-order valence-electron chi connectivity index (χ3n) is 5.47. The van der Waals surface area contributed by atoms with Gasteiger partial charge in [-0.05, 0) is 37.8 Å². The number of benzene rings is 1. The normalized spacial score (nSPS) is 39.6. The lowest BCUT2D eigenvalue weighted by molar-refractivity contribution is -0.194.